The Kier molecular flexibility index (Phi) is 7.19. The van der Waals surface area contributed by atoms with Gasteiger partial charge in [-0.05, 0) is 43.8 Å². The van der Waals surface area contributed by atoms with Gasteiger partial charge in [-0.1, -0.05) is 43.3 Å². The van der Waals surface area contributed by atoms with Crippen molar-refractivity contribution in [3.63, 3.8) is 0 Å². The van der Waals surface area contributed by atoms with Gasteiger partial charge in [0.1, 0.15) is 11.8 Å². The monoisotopic (exact) mass is 351 g/mol. The smallest absolute Gasteiger partial charge is 0.258 e. The van der Waals surface area contributed by atoms with Crippen LogP contribution in [-0.2, 0) is 11.2 Å². The highest BCUT2D eigenvalue weighted by atomic mass is 16.5. The standard InChI is InChI=1S/C21H25N3O2/c1-4-16-9-11-17(12-10-16)19(24(2)3)14-23-21(25)15-26-20-8-6-5-7-18(20)13-22/h5-12,19H,4,14-15H2,1-3H3,(H,23,25). The number of amides is 1. The Morgan fingerprint density at radius 3 is 2.50 bits per heavy atom. The highest BCUT2D eigenvalue weighted by Crippen LogP contribution is 2.19. The molecule has 0 aromatic heterocycles. The Morgan fingerprint density at radius 1 is 1.19 bits per heavy atom. The molecular formula is C21H25N3O2. The van der Waals surface area contributed by atoms with Crippen molar-refractivity contribution < 1.29 is 9.53 Å². The maximum Gasteiger partial charge on any atom is 0.258 e. The summed E-state index contributed by atoms with van der Waals surface area (Å²) in [6.07, 6.45) is 1.01. The molecule has 1 atom stereocenters. The molecule has 0 radical (unpaired) electrons. The summed E-state index contributed by atoms with van der Waals surface area (Å²) < 4.78 is 5.47. The molecule has 1 N–H and O–H groups in total. The summed E-state index contributed by atoms with van der Waals surface area (Å²) in [5.74, 6) is 0.208. The van der Waals surface area contributed by atoms with Crippen LogP contribution in [0.2, 0.25) is 0 Å². The SMILES string of the molecule is CCc1ccc(C(CNC(=O)COc2ccccc2C#N)N(C)C)cc1. The Bertz CT molecular complexity index is 764. The lowest BCUT2D eigenvalue weighted by atomic mass is 10.0. The number of hydrogen-bond donors (Lipinski definition) is 1. The molecule has 0 bridgehead atoms. The van der Waals surface area contributed by atoms with Gasteiger partial charge in [-0.25, -0.2) is 0 Å². The lowest BCUT2D eigenvalue weighted by Crippen LogP contribution is -2.36. The number of nitrogens with zero attached hydrogens (tertiary/aromatic N) is 2. The molecule has 0 aliphatic rings. The van der Waals surface area contributed by atoms with Crippen molar-refractivity contribution in [3.05, 3.63) is 65.2 Å². The second-order valence-corrected chi connectivity index (χ2v) is 6.28. The molecule has 1 amide bonds. The van der Waals surface area contributed by atoms with Crippen molar-refractivity contribution in [1.82, 2.24) is 10.2 Å². The number of likely N-dealkylation sites (N-methyl/N-ethyl adjacent to an activating group) is 1. The first-order valence-corrected chi connectivity index (χ1v) is 8.69. The molecule has 0 saturated carbocycles. The molecule has 1 unspecified atom stereocenters. The maximum atomic E-state index is 12.1. The Balaban J connectivity index is 1.91. The summed E-state index contributed by atoms with van der Waals surface area (Å²) in [4.78, 5) is 14.2. The van der Waals surface area contributed by atoms with Gasteiger partial charge < -0.3 is 15.0 Å². The first-order valence-electron chi connectivity index (χ1n) is 8.69. The van der Waals surface area contributed by atoms with E-state index in [1.807, 2.05) is 14.1 Å². The van der Waals surface area contributed by atoms with Crippen LogP contribution in [0.5, 0.6) is 5.75 Å². The lowest BCUT2D eigenvalue weighted by molar-refractivity contribution is -0.123. The predicted molar refractivity (Wildman–Crippen MR) is 102 cm³/mol. The third-order valence-corrected chi connectivity index (χ3v) is 4.25. The Hall–Kier alpha value is -2.84. The fourth-order valence-electron chi connectivity index (χ4n) is 2.66. The highest BCUT2D eigenvalue weighted by molar-refractivity contribution is 5.77. The number of nitrogens with one attached hydrogen (secondary N) is 1. The van der Waals surface area contributed by atoms with Crippen molar-refractivity contribution in [3.8, 4) is 11.8 Å². The summed E-state index contributed by atoms with van der Waals surface area (Å²) in [6, 6.07) is 17.5. The number of ether oxygens (including phenoxy) is 1. The molecule has 0 fully saturated rings. The van der Waals surface area contributed by atoms with Crippen molar-refractivity contribution in [1.29, 1.82) is 5.26 Å². The summed E-state index contributed by atoms with van der Waals surface area (Å²) in [6.45, 7) is 2.50. The van der Waals surface area contributed by atoms with Crippen LogP contribution in [0.3, 0.4) is 0 Å². The van der Waals surface area contributed by atoms with Gasteiger partial charge in [-0.15, -0.1) is 0 Å². The van der Waals surface area contributed by atoms with Crippen LogP contribution in [0, 0.1) is 11.3 Å². The third-order valence-electron chi connectivity index (χ3n) is 4.25. The van der Waals surface area contributed by atoms with Crippen LogP contribution in [0.1, 0.15) is 29.7 Å². The fraction of sp³-hybridized carbons (Fsp3) is 0.333. The minimum atomic E-state index is -0.213. The minimum absolute atomic E-state index is 0.0799. The first-order chi connectivity index (χ1) is 12.5. The van der Waals surface area contributed by atoms with E-state index in [0.717, 1.165) is 12.0 Å². The molecule has 0 aliphatic carbocycles. The molecule has 0 aliphatic heterocycles. The van der Waals surface area contributed by atoms with Crippen molar-refractivity contribution in [2.24, 2.45) is 0 Å². The van der Waals surface area contributed by atoms with E-state index in [-0.39, 0.29) is 18.6 Å². The number of para-hydroxylation sites is 1. The van der Waals surface area contributed by atoms with E-state index in [4.69, 9.17) is 10.00 Å². The molecule has 0 heterocycles. The van der Waals surface area contributed by atoms with Gasteiger partial charge in [0.15, 0.2) is 6.61 Å². The zero-order valence-corrected chi connectivity index (χ0v) is 15.5. The molecular weight excluding hydrogens is 326 g/mol. The van der Waals surface area contributed by atoms with E-state index in [2.05, 4.69) is 47.5 Å². The zero-order chi connectivity index (χ0) is 18.9. The second kappa shape index (κ2) is 9.59. The normalized spacial score (nSPS) is 11.7. The van der Waals surface area contributed by atoms with Crippen LogP contribution in [0.25, 0.3) is 0 Å². The highest BCUT2D eigenvalue weighted by Gasteiger charge is 2.15. The summed E-state index contributed by atoms with van der Waals surface area (Å²) >= 11 is 0. The molecule has 0 saturated heterocycles. The van der Waals surface area contributed by atoms with Crippen molar-refractivity contribution >= 4 is 5.91 Å². The third kappa shape index (κ3) is 5.33. The molecule has 5 nitrogen and oxygen atoms in total. The average molecular weight is 351 g/mol. The van der Waals surface area contributed by atoms with Gasteiger partial charge >= 0.3 is 0 Å². The van der Waals surface area contributed by atoms with Crippen LogP contribution < -0.4 is 10.1 Å². The molecule has 0 spiro atoms. The Morgan fingerprint density at radius 2 is 1.88 bits per heavy atom. The molecule has 2 aromatic rings. The van der Waals surface area contributed by atoms with E-state index in [1.54, 1.807) is 24.3 Å². The van der Waals surface area contributed by atoms with Gasteiger partial charge in [0.05, 0.1) is 11.6 Å². The van der Waals surface area contributed by atoms with Gasteiger partial charge in [-0.3, -0.25) is 4.79 Å². The zero-order valence-electron chi connectivity index (χ0n) is 15.5. The van der Waals surface area contributed by atoms with E-state index >= 15 is 0 Å². The topological polar surface area (TPSA) is 65.4 Å². The minimum Gasteiger partial charge on any atom is -0.482 e. The lowest BCUT2D eigenvalue weighted by Gasteiger charge is -2.25. The van der Waals surface area contributed by atoms with E-state index in [9.17, 15) is 4.79 Å². The molecule has 136 valence electrons. The van der Waals surface area contributed by atoms with Crippen molar-refractivity contribution in [2.45, 2.75) is 19.4 Å². The average Bonchev–Trinajstić information content (AvgIpc) is 2.67. The molecule has 2 aromatic carbocycles. The van der Waals surface area contributed by atoms with E-state index in [1.165, 1.54) is 5.56 Å². The van der Waals surface area contributed by atoms with Gasteiger partial charge in [0.2, 0.25) is 0 Å². The quantitative estimate of drug-likeness (QED) is 0.794. The number of rotatable bonds is 8. The first kappa shape index (κ1) is 19.5. The van der Waals surface area contributed by atoms with Gasteiger partial charge in [0.25, 0.3) is 5.91 Å². The molecule has 26 heavy (non-hydrogen) atoms. The summed E-state index contributed by atoms with van der Waals surface area (Å²) in [5, 5.41) is 12.0. The molecule has 2 rings (SSSR count). The number of aryl methyl sites for hydroxylation is 1. The number of carbonyl (C=O) groups excluding carboxylic acids is 1. The van der Waals surface area contributed by atoms with Gasteiger partial charge in [-0.2, -0.15) is 5.26 Å². The summed E-state index contributed by atoms with van der Waals surface area (Å²) in [7, 11) is 3.98. The Labute approximate surface area is 155 Å². The second-order valence-electron chi connectivity index (χ2n) is 6.28. The maximum absolute atomic E-state index is 12.1. The molecule has 5 heteroatoms. The fourth-order valence-corrected chi connectivity index (χ4v) is 2.66. The van der Waals surface area contributed by atoms with E-state index in [0.29, 0.717) is 17.9 Å². The van der Waals surface area contributed by atoms with E-state index < -0.39 is 0 Å². The number of benzene rings is 2. The van der Waals surface area contributed by atoms with Crippen LogP contribution in [0.4, 0.5) is 0 Å². The predicted octanol–water partition coefficient (Wildman–Crippen LogP) is 2.92. The number of nitriles is 1. The number of carbonyl (C=O) groups is 1. The van der Waals surface area contributed by atoms with Crippen LogP contribution >= 0.6 is 0 Å². The van der Waals surface area contributed by atoms with Crippen LogP contribution in [0.15, 0.2) is 48.5 Å². The van der Waals surface area contributed by atoms with Crippen molar-refractivity contribution in [2.75, 3.05) is 27.2 Å². The van der Waals surface area contributed by atoms with Crippen LogP contribution in [-0.4, -0.2) is 38.1 Å². The number of hydrogen-bond acceptors (Lipinski definition) is 4. The van der Waals surface area contributed by atoms with Gasteiger partial charge in [0, 0.05) is 6.54 Å². The largest absolute Gasteiger partial charge is 0.482 e. The summed E-state index contributed by atoms with van der Waals surface area (Å²) in [5.41, 5.74) is 2.87.